The lowest BCUT2D eigenvalue weighted by atomic mass is 10.2. The van der Waals surface area contributed by atoms with Gasteiger partial charge in [0.25, 0.3) is 0 Å². The average Bonchev–Trinajstić information content (AvgIpc) is 2.23. The summed E-state index contributed by atoms with van der Waals surface area (Å²) in [6, 6.07) is 3.08. The topological polar surface area (TPSA) is 61.6 Å². The van der Waals surface area contributed by atoms with Gasteiger partial charge >= 0.3 is 5.69 Å². The van der Waals surface area contributed by atoms with Crippen LogP contribution in [-0.2, 0) is 4.74 Å². The van der Waals surface area contributed by atoms with Gasteiger partial charge in [-0.15, -0.1) is 0 Å². The Kier molecular flexibility index (Phi) is 4.70. The van der Waals surface area contributed by atoms with E-state index in [1.54, 1.807) is 20.1 Å². The highest BCUT2D eigenvalue weighted by Gasteiger charge is 2.17. The Labute approximate surface area is 102 Å². The fraction of sp³-hybridized carbons (Fsp3) is 0.400. The zero-order valence-electron chi connectivity index (χ0n) is 9.03. The van der Waals surface area contributed by atoms with Gasteiger partial charge in [-0.1, -0.05) is 15.9 Å². The Bertz CT molecular complexity index is 395. The molecule has 0 aliphatic heterocycles. The van der Waals surface area contributed by atoms with Crippen molar-refractivity contribution in [3.8, 4) is 5.75 Å². The van der Waals surface area contributed by atoms with Crippen LogP contribution in [0.25, 0.3) is 0 Å². The van der Waals surface area contributed by atoms with Gasteiger partial charge in [0.15, 0.2) is 5.75 Å². The van der Waals surface area contributed by atoms with Crippen LogP contribution >= 0.6 is 15.9 Å². The number of nitro benzene ring substituents is 1. The lowest BCUT2D eigenvalue weighted by molar-refractivity contribution is -0.385. The molecule has 0 N–H and O–H groups in total. The van der Waals surface area contributed by atoms with E-state index in [-0.39, 0.29) is 18.0 Å². The Morgan fingerprint density at radius 2 is 2.12 bits per heavy atom. The molecule has 1 aromatic carbocycles. The maximum absolute atomic E-state index is 10.8. The quantitative estimate of drug-likeness (QED) is 0.475. The van der Waals surface area contributed by atoms with Crippen molar-refractivity contribution in [2.75, 3.05) is 20.3 Å². The number of hydrogen-bond acceptors (Lipinski definition) is 4. The predicted molar refractivity (Wildman–Crippen MR) is 62.9 cm³/mol. The van der Waals surface area contributed by atoms with Crippen LogP contribution in [0.15, 0.2) is 16.6 Å². The smallest absolute Gasteiger partial charge is 0.311 e. The lowest BCUT2D eigenvalue weighted by Crippen LogP contribution is -2.06. The Hall–Kier alpha value is -1.14. The van der Waals surface area contributed by atoms with Crippen molar-refractivity contribution in [2.24, 2.45) is 0 Å². The van der Waals surface area contributed by atoms with Gasteiger partial charge in [0, 0.05) is 23.7 Å². The third-order valence-electron chi connectivity index (χ3n) is 1.98. The van der Waals surface area contributed by atoms with Gasteiger partial charge in [0.1, 0.15) is 6.61 Å². The molecule has 5 nitrogen and oxygen atoms in total. The molecule has 0 saturated carbocycles. The molecule has 0 unspecified atom stereocenters. The molecule has 0 amide bonds. The van der Waals surface area contributed by atoms with Crippen LogP contribution in [0.2, 0.25) is 0 Å². The zero-order valence-corrected chi connectivity index (χ0v) is 10.6. The number of aryl methyl sites for hydroxylation is 1. The summed E-state index contributed by atoms with van der Waals surface area (Å²) in [6.07, 6.45) is 0. The van der Waals surface area contributed by atoms with E-state index in [1.807, 2.05) is 0 Å². The third kappa shape index (κ3) is 3.18. The van der Waals surface area contributed by atoms with Crippen LogP contribution < -0.4 is 4.74 Å². The normalized spacial score (nSPS) is 10.2. The van der Waals surface area contributed by atoms with E-state index in [2.05, 4.69) is 15.9 Å². The van der Waals surface area contributed by atoms with Gasteiger partial charge in [-0.2, -0.15) is 0 Å². The van der Waals surface area contributed by atoms with Crippen molar-refractivity contribution >= 4 is 21.6 Å². The molecule has 88 valence electrons. The minimum Gasteiger partial charge on any atom is -0.484 e. The van der Waals surface area contributed by atoms with E-state index < -0.39 is 4.92 Å². The number of methoxy groups -OCH3 is 1. The van der Waals surface area contributed by atoms with Crippen molar-refractivity contribution in [2.45, 2.75) is 6.92 Å². The number of ether oxygens (including phenoxy) is 2. The molecule has 16 heavy (non-hydrogen) atoms. The average molecular weight is 290 g/mol. The molecule has 0 aliphatic rings. The predicted octanol–water partition coefficient (Wildman–Crippen LogP) is 2.69. The molecule has 6 heteroatoms. The second-order valence-corrected chi connectivity index (χ2v) is 4.02. The second-order valence-electron chi connectivity index (χ2n) is 3.17. The first-order valence-corrected chi connectivity index (χ1v) is 5.42. The molecular formula is C10H12BrNO4. The summed E-state index contributed by atoms with van der Waals surface area (Å²) in [4.78, 5) is 10.3. The molecular weight excluding hydrogens is 278 g/mol. The van der Waals surface area contributed by atoms with Gasteiger partial charge in [-0.3, -0.25) is 10.1 Å². The van der Waals surface area contributed by atoms with Crippen LogP contribution in [0.4, 0.5) is 5.69 Å². The van der Waals surface area contributed by atoms with E-state index in [4.69, 9.17) is 9.47 Å². The van der Waals surface area contributed by atoms with E-state index in [9.17, 15) is 10.1 Å². The summed E-state index contributed by atoms with van der Waals surface area (Å²) >= 11 is 3.30. The highest BCUT2D eigenvalue weighted by molar-refractivity contribution is 9.10. The molecule has 0 bridgehead atoms. The molecule has 0 saturated heterocycles. The first-order chi connectivity index (χ1) is 7.56. The van der Waals surface area contributed by atoms with Crippen LogP contribution in [-0.4, -0.2) is 25.2 Å². The summed E-state index contributed by atoms with van der Waals surface area (Å²) < 4.78 is 10.9. The summed E-state index contributed by atoms with van der Waals surface area (Å²) in [5, 5.41) is 10.8. The molecule has 0 aliphatic carbocycles. The summed E-state index contributed by atoms with van der Waals surface area (Å²) in [5.74, 6) is 0.250. The Balaban J connectivity index is 2.95. The monoisotopic (exact) mass is 289 g/mol. The van der Waals surface area contributed by atoms with Gasteiger partial charge in [-0.25, -0.2) is 0 Å². The molecule has 0 spiro atoms. The molecule has 0 radical (unpaired) electrons. The minimum absolute atomic E-state index is 0.0307. The Morgan fingerprint density at radius 1 is 1.44 bits per heavy atom. The second kappa shape index (κ2) is 5.81. The molecule has 0 heterocycles. The first kappa shape index (κ1) is 12.9. The standard InChI is InChI=1S/C10H12BrNO4/c1-7-5-9(12(13)14)10(6-8(7)11)16-4-3-15-2/h5-6H,3-4H2,1-2H3. The number of nitro groups is 1. The van der Waals surface area contributed by atoms with Crippen LogP contribution in [0.1, 0.15) is 5.56 Å². The van der Waals surface area contributed by atoms with Crippen molar-refractivity contribution in [1.29, 1.82) is 0 Å². The fourth-order valence-corrected chi connectivity index (χ4v) is 1.46. The maximum Gasteiger partial charge on any atom is 0.311 e. The molecule has 1 rings (SSSR count). The number of halogens is 1. The molecule has 0 atom stereocenters. The number of hydrogen-bond donors (Lipinski definition) is 0. The molecule has 0 aromatic heterocycles. The van der Waals surface area contributed by atoms with Gasteiger partial charge in [-0.05, 0) is 12.5 Å². The van der Waals surface area contributed by atoms with Crippen LogP contribution in [0.5, 0.6) is 5.75 Å². The summed E-state index contributed by atoms with van der Waals surface area (Å²) in [7, 11) is 1.54. The van der Waals surface area contributed by atoms with Crippen molar-refractivity contribution in [3.05, 3.63) is 32.3 Å². The third-order valence-corrected chi connectivity index (χ3v) is 2.84. The Morgan fingerprint density at radius 3 is 2.69 bits per heavy atom. The van der Waals surface area contributed by atoms with Gasteiger partial charge in [0.05, 0.1) is 11.5 Å². The van der Waals surface area contributed by atoms with Gasteiger partial charge in [0.2, 0.25) is 0 Å². The van der Waals surface area contributed by atoms with Gasteiger partial charge < -0.3 is 9.47 Å². The molecule has 0 fully saturated rings. The van der Waals surface area contributed by atoms with E-state index in [1.165, 1.54) is 6.07 Å². The van der Waals surface area contributed by atoms with Crippen LogP contribution in [0, 0.1) is 17.0 Å². The highest BCUT2D eigenvalue weighted by Crippen LogP contribution is 2.32. The zero-order chi connectivity index (χ0) is 12.1. The first-order valence-electron chi connectivity index (χ1n) is 4.62. The van der Waals surface area contributed by atoms with Crippen molar-refractivity contribution in [3.63, 3.8) is 0 Å². The van der Waals surface area contributed by atoms with E-state index >= 15 is 0 Å². The lowest BCUT2D eigenvalue weighted by Gasteiger charge is -2.07. The van der Waals surface area contributed by atoms with E-state index in [0.29, 0.717) is 6.61 Å². The largest absolute Gasteiger partial charge is 0.484 e. The van der Waals surface area contributed by atoms with Crippen molar-refractivity contribution in [1.82, 2.24) is 0 Å². The fourth-order valence-electron chi connectivity index (χ4n) is 1.14. The minimum atomic E-state index is -0.457. The summed E-state index contributed by atoms with van der Waals surface area (Å²) in [5.41, 5.74) is 0.766. The van der Waals surface area contributed by atoms with Crippen molar-refractivity contribution < 1.29 is 14.4 Å². The molecule has 1 aromatic rings. The van der Waals surface area contributed by atoms with Crippen LogP contribution in [0.3, 0.4) is 0 Å². The number of nitrogens with zero attached hydrogens (tertiary/aromatic N) is 1. The summed E-state index contributed by atoms with van der Waals surface area (Å²) in [6.45, 7) is 2.46. The maximum atomic E-state index is 10.8. The van der Waals surface area contributed by atoms with E-state index in [0.717, 1.165) is 10.0 Å². The SMILES string of the molecule is COCCOc1cc(Br)c(C)cc1[N+](=O)[O-]. The number of benzene rings is 1. The highest BCUT2D eigenvalue weighted by atomic mass is 79.9. The number of rotatable bonds is 5.